The second-order valence-electron chi connectivity index (χ2n) is 3.20. The van der Waals surface area contributed by atoms with Crippen molar-refractivity contribution in [2.45, 2.75) is 12.8 Å². The summed E-state index contributed by atoms with van der Waals surface area (Å²) in [5.74, 6) is -0.138. The molecule has 1 atom stereocenters. The number of nitrogens with one attached hydrogen (secondary N) is 1. The molecule has 13 heavy (non-hydrogen) atoms. The molecule has 1 heterocycles. The molecule has 1 saturated heterocycles. The Balaban J connectivity index is 2.67. The summed E-state index contributed by atoms with van der Waals surface area (Å²) in [6.45, 7) is 0.677. The van der Waals surface area contributed by atoms with Gasteiger partial charge in [0.25, 0.3) is 10.2 Å². The van der Waals surface area contributed by atoms with Gasteiger partial charge in [-0.25, -0.2) is 5.14 Å². The van der Waals surface area contributed by atoms with Gasteiger partial charge in [0.1, 0.15) is 0 Å². The van der Waals surface area contributed by atoms with Crippen LogP contribution >= 0.6 is 0 Å². The third-order valence-electron chi connectivity index (χ3n) is 2.18. The molecule has 1 unspecified atom stereocenters. The van der Waals surface area contributed by atoms with Crippen LogP contribution in [0.2, 0.25) is 0 Å². The van der Waals surface area contributed by atoms with Crippen molar-refractivity contribution in [2.75, 3.05) is 13.1 Å². The highest BCUT2D eigenvalue weighted by Gasteiger charge is 2.27. The van der Waals surface area contributed by atoms with E-state index in [1.54, 1.807) is 0 Å². The zero-order valence-electron chi connectivity index (χ0n) is 7.23. The third-order valence-corrected chi connectivity index (χ3v) is 3.24. The molecule has 0 amide bonds. The van der Waals surface area contributed by atoms with E-state index in [-0.39, 0.29) is 18.3 Å². The van der Waals surface area contributed by atoms with Crippen LogP contribution < -0.4 is 10.9 Å². The van der Waals surface area contributed by atoms with Crippen LogP contribution in [0, 0.1) is 11.3 Å². The summed E-state index contributed by atoms with van der Waals surface area (Å²) in [6.07, 6.45) is 1.47. The van der Waals surface area contributed by atoms with Crippen molar-refractivity contribution in [3.63, 3.8) is 0 Å². The first-order valence-corrected chi connectivity index (χ1v) is 5.53. The molecule has 0 aromatic carbocycles. The summed E-state index contributed by atoms with van der Waals surface area (Å²) >= 11 is 0. The summed E-state index contributed by atoms with van der Waals surface area (Å²) in [6, 6.07) is 0. The van der Waals surface area contributed by atoms with Crippen molar-refractivity contribution in [2.24, 2.45) is 16.8 Å². The van der Waals surface area contributed by atoms with Crippen LogP contribution in [0.25, 0.3) is 0 Å². The fourth-order valence-corrected chi connectivity index (χ4v) is 2.20. The zero-order valence-corrected chi connectivity index (χ0v) is 8.05. The van der Waals surface area contributed by atoms with Crippen molar-refractivity contribution < 1.29 is 8.42 Å². The normalized spacial score (nSPS) is 25.8. The lowest BCUT2D eigenvalue weighted by atomic mass is 9.99. The lowest BCUT2D eigenvalue weighted by Crippen LogP contribution is -2.46. The summed E-state index contributed by atoms with van der Waals surface area (Å²) < 4.78 is 23.1. The quantitative estimate of drug-likeness (QED) is 0.391. The molecule has 76 valence electrons. The molecule has 0 saturated carbocycles. The minimum Gasteiger partial charge on any atom is -0.387 e. The van der Waals surface area contributed by atoms with Gasteiger partial charge in [-0.3, -0.25) is 5.41 Å². The average Bonchev–Trinajstić information content (AvgIpc) is 2.03. The van der Waals surface area contributed by atoms with E-state index in [9.17, 15) is 8.42 Å². The predicted octanol–water partition coefficient (Wildman–Crippen LogP) is -1.16. The second-order valence-corrected chi connectivity index (χ2v) is 4.74. The fourth-order valence-electron chi connectivity index (χ4n) is 1.43. The minimum absolute atomic E-state index is 0.0355. The molecule has 0 bridgehead atoms. The molecule has 1 fully saturated rings. The van der Waals surface area contributed by atoms with Crippen molar-refractivity contribution in [1.29, 1.82) is 5.41 Å². The van der Waals surface area contributed by atoms with E-state index in [1.165, 1.54) is 4.31 Å². The molecule has 1 rings (SSSR count). The lowest BCUT2D eigenvalue weighted by Gasteiger charge is -2.29. The number of nitrogens with zero attached hydrogens (tertiary/aromatic N) is 1. The van der Waals surface area contributed by atoms with E-state index >= 15 is 0 Å². The van der Waals surface area contributed by atoms with Gasteiger partial charge in [-0.15, -0.1) is 0 Å². The Morgan fingerprint density at radius 3 is 2.62 bits per heavy atom. The Morgan fingerprint density at radius 1 is 1.54 bits per heavy atom. The van der Waals surface area contributed by atoms with E-state index in [2.05, 4.69) is 0 Å². The number of nitrogens with two attached hydrogens (primary N) is 2. The van der Waals surface area contributed by atoms with Crippen molar-refractivity contribution in [1.82, 2.24) is 4.31 Å². The predicted molar refractivity (Wildman–Crippen MR) is 49.3 cm³/mol. The molecule has 1 aliphatic heterocycles. The summed E-state index contributed by atoms with van der Waals surface area (Å²) in [7, 11) is -3.61. The van der Waals surface area contributed by atoms with E-state index in [4.69, 9.17) is 16.3 Å². The Bertz CT molecular complexity index is 300. The highest BCUT2D eigenvalue weighted by Crippen LogP contribution is 2.17. The van der Waals surface area contributed by atoms with Gasteiger partial charge in [-0.2, -0.15) is 12.7 Å². The number of hydrogen-bond acceptors (Lipinski definition) is 3. The molecular weight excluding hydrogens is 192 g/mol. The molecule has 5 N–H and O–H groups in total. The van der Waals surface area contributed by atoms with Crippen LogP contribution in [0.3, 0.4) is 0 Å². The number of hydrogen-bond donors (Lipinski definition) is 3. The number of amidine groups is 1. The van der Waals surface area contributed by atoms with Gasteiger partial charge in [0.2, 0.25) is 0 Å². The number of rotatable bonds is 2. The van der Waals surface area contributed by atoms with Gasteiger partial charge in [-0.1, -0.05) is 0 Å². The molecule has 1 aliphatic rings. The van der Waals surface area contributed by atoms with E-state index < -0.39 is 10.2 Å². The monoisotopic (exact) mass is 206 g/mol. The maximum atomic E-state index is 10.9. The average molecular weight is 206 g/mol. The van der Waals surface area contributed by atoms with Gasteiger partial charge < -0.3 is 5.73 Å². The standard InChI is InChI=1S/C6H14N4O2S/c7-6(8)5-2-1-3-10(4-5)13(9,11)12/h5H,1-4H2,(H3,7,8)(H2,9,11,12). The van der Waals surface area contributed by atoms with Gasteiger partial charge in [0.15, 0.2) is 0 Å². The Morgan fingerprint density at radius 2 is 2.15 bits per heavy atom. The van der Waals surface area contributed by atoms with E-state index in [0.717, 1.165) is 6.42 Å². The van der Waals surface area contributed by atoms with Gasteiger partial charge in [-0.05, 0) is 12.8 Å². The molecule has 0 radical (unpaired) electrons. The highest BCUT2D eigenvalue weighted by molar-refractivity contribution is 7.86. The van der Waals surface area contributed by atoms with Crippen LogP contribution in [0.1, 0.15) is 12.8 Å². The Hall–Kier alpha value is -0.660. The topological polar surface area (TPSA) is 113 Å². The minimum atomic E-state index is -3.61. The van der Waals surface area contributed by atoms with Gasteiger partial charge in [0, 0.05) is 19.0 Å². The first-order chi connectivity index (χ1) is 5.91. The van der Waals surface area contributed by atoms with Crippen molar-refractivity contribution >= 4 is 16.0 Å². The molecule has 0 spiro atoms. The van der Waals surface area contributed by atoms with Crippen LogP contribution in [-0.2, 0) is 10.2 Å². The first kappa shape index (κ1) is 10.4. The van der Waals surface area contributed by atoms with Crippen LogP contribution in [-0.4, -0.2) is 31.6 Å². The van der Waals surface area contributed by atoms with Crippen molar-refractivity contribution in [3.05, 3.63) is 0 Å². The highest BCUT2D eigenvalue weighted by atomic mass is 32.2. The van der Waals surface area contributed by atoms with Crippen LogP contribution in [0.4, 0.5) is 0 Å². The van der Waals surface area contributed by atoms with Crippen LogP contribution in [0.15, 0.2) is 0 Å². The smallest absolute Gasteiger partial charge is 0.276 e. The first-order valence-electron chi connectivity index (χ1n) is 4.03. The van der Waals surface area contributed by atoms with E-state index in [1.807, 2.05) is 0 Å². The maximum Gasteiger partial charge on any atom is 0.276 e. The van der Waals surface area contributed by atoms with Gasteiger partial charge in [0.05, 0.1) is 5.84 Å². The Kier molecular flexibility index (Phi) is 2.89. The molecular formula is C6H14N4O2S. The summed E-state index contributed by atoms with van der Waals surface area (Å²) in [4.78, 5) is 0. The zero-order chi connectivity index (χ0) is 10.1. The third kappa shape index (κ3) is 2.64. The SMILES string of the molecule is N=C(N)C1CCCN(S(N)(=O)=O)C1. The lowest BCUT2D eigenvalue weighted by molar-refractivity contribution is 0.310. The molecule has 0 aliphatic carbocycles. The number of piperidine rings is 1. The van der Waals surface area contributed by atoms with Crippen molar-refractivity contribution in [3.8, 4) is 0 Å². The van der Waals surface area contributed by atoms with E-state index in [0.29, 0.717) is 13.0 Å². The van der Waals surface area contributed by atoms with Gasteiger partial charge >= 0.3 is 0 Å². The molecule has 6 nitrogen and oxygen atoms in total. The summed E-state index contributed by atoms with van der Waals surface area (Å²) in [5, 5.41) is 12.2. The van der Waals surface area contributed by atoms with Crippen LogP contribution in [0.5, 0.6) is 0 Å². The molecule has 7 heteroatoms. The second kappa shape index (κ2) is 3.60. The fraction of sp³-hybridized carbons (Fsp3) is 0.833. The summed E-state index contributed by atoms with van der Waals surface area (Å²) in [5.41, 5.74) is 5.29. The molecule has 0 aromatic heterocycles. The largest absolute Gasteiger partial charge is 0.387 e. The maximum absolute atomic E-state index is 10.9. The Labute approximate surface area is 77.6 Å². The molecule has 0 aromatic rings.